The molecule has 7 heteroatoms. The first-order valence-electron chi connectivity index (χ1n) is 4.08. The summed E-state index contributed by atoms with van der Waals surface area (Å²) in [5.74, 6) is -0.960. The van der Waals surface area contributed by atoms with Crippen LogP contribution in [0.1, 0.15) is 28.2 Å². The van der Waals surface area contributed by atoms with Crippen LogP contribution in [0.25, 0.3) is 0 Å². The van der Waals surface area contributed by atoms with E-state index in [1.54, 1.807) is 6.07 Å². The lowest BCUT2D eigenvalue weighted by atomic mass is 10.1. The van der Waals surface area contributed by atoms with Crippen LogP contribution in [0.2, 0.25) is 0 Å². The summed E-state index contributed by atoms with van der Waals surface area (Å²) in [4.78, 5) is 14.5. The van der Waals surface area contributed by atoms with Crippen molar-refractivity contribution in [2.75, 3.05) is 12.8 Å². The maximum atomic E-state index is 12.4. The lowest BCUT2D eigenvalue weighted by Crippen LogP contribution is -2.11. The largest absolute Gasteiger partial charge is 0.464 e. The zero-order chi connectivity index (χ0) is 12.3. The number of methoxy groups -OCH3 is 1. The van der Waals surface area contributed by atoms with E-state index in [0.717, 1.165) is 13.2 Å². The number of ether oxygens (including phenoxy) is 1. The van der Waals surface area contributed by atoms with Crippen molar-refractivity contribution in [2.45, 2.75) is 6.43 Å². The van der Waals surface area contributed by atoms with E-state index < -0.39 is 23.8 Å². The number of aromatic nitrogens is 1. The molecule has 0 fully saturated rings. The van der Waals surface area contributed by atoms with Crippen LogP contribution >= 0.6 is 0 Å². The van der Waals surface area contributed by atoms with Gasteiger partial charge in [0.2, 0.25) is 0 Å². The normalized spacial score (nSPS) is 9.94. The lowest BCUT2D eigenvalue weighted by Gasteiger charge is -2.07. The fourth-order valence-corrected chi connectivity index (χ4v) is 1.06. The van der Waals surface area contributed by atoms with Gasteiger partial charge in [-0.3, -0.25) is 0 Å². The van der Waals surface area contributed by atoms with E-state index in [0.29, 0.717) is 0 Å². The number of pyridine rings is 1. The van der Waals surface area contributed by atoms with Crippen LogP contribution in [-0.4, -0.2) is 18.1 Å². The molecule has 1 heterocycles. The third-order valence-electron chi connectivity index (χ3n) is 1.79. The van der Waals surface area contributed by atoms with Crippen molar-refractivity contribution in [3.8, 4) is 6.07 Å². The molecule has 1 aromatic rings. The lowest BCUT2D eigenvalue weighted by molar-refractivity contribution is 0.0592. The average molecular weight is 227 g/mol. The number of anilines is 1. The SMILES string of the molecule is COC(=O)c1nc(C(F)F)c(N)cc1C#N. The second-order valence-corrected chi connectivity index (χ2v) is 2.76. The first-order valence-corrected chi connectivity index (χ1v) is 4.08. The number of esters is 1. The van der Waals surface area contributed by atoms with Crippen LogP contribution in [-0.2, 0) is 4.74 Å². The van der Waals surface area contributed by atoms with Gasteiger partial charge in [0.05, 0.1) is 18.4 Å². The number of rotatable bonds is 2. The van der Waals surface area contributed by atoms with E-state index in [1.807, 2.05) is 0 Å². The molecule has 0 atom stereocenters. The van der Waals surface area contributed by atoms with Gasteiger partial charge in [0, 0.05) is 0 Å². The van der Waals surface area contributed by atoms with E-state index in [2.05, 4.69) is 9.72 Å². The Hall–Kier alpha value is -2.23. The van der Waals surface area contributed by atoms with Gasteiger partial charge >= 0.3 is 5.97 Å². The molecule has 0 aliphatic carbocycles. The van der Waals surface area contributed by atoms with Crippen LogP contribution in [0.5, 0.6) is 0 Å². The molecule has 2 N–H and O–H groups in total. The Labute approximate surface area is 89.4 Å². The fraction of sp³-hybridized carbons (Fsp3) is 0.222. The van der Waals surface area contributed by atoms with Crippen LogP contribution in [0.15, 0.2) is 6.07 Å². The van der Waals surface area contributed by atoms with E-state index in [9.17, 15) is 13.6 Å². The molecule has 84 valence electrons. The van der Waals surface area contributed by atoms with Crippen molar-refractivity contribution in [1.29, 1.82) is 5.26 Å². The fourth-order valence-electron chi connectivity index (χ4n) is 1.06. The van der Waals surface area contributed by atoms with Crippen molar-refractivity contribution in [2.24, 2.45) is 0 Å². The molecule has 0 bridgehead atoms. The van der Waals surface area contributed by atoms with Gasteiger partial charge in [-0.2, -0.15) is 5.26 Å². The Balaban J connectivity index is 3.42. The summed E-state index contributed by atoms with van der Waals surface area (Å²) in [6, 6.07) is 2.60. The monoisotopic (exact) mass is 227 g/mol. The van der Waals surface area contributed by atoms with Crippen LogP contribution in [0.3, 0.4) is 0 Å². The van der Waals surface area contributed by atoms with E-state index in [1.165, 1.54) is 0 Å². The second-order valence-electron chi connectivity index (χ2n) is 2.76. The molecule has 0 amide bonds. The molecule has 1 aromatic heterocycles. The number of carbonyl (C=O) groups excluding carboxylic acids is 1. The number of halogens is 2. The molecule has 0 saturated heterocycles. The molecular formula is C9H7F2N3O2. The summed E-state index contributed by atoms with van der Waals surface area (Å²) in [6.45, 7) is 0. The Morgan fingerprint density at radius 2 is 2.31 bits per heavy atom. The highest BCUT2D eigenvalue weighted by Gasteiger charge is 2.21. The zero-order valence-corrected chi connectivity index (χ0v) is 8.20. The number of hydrogen-bond donors (Lipinski definition) is 1. The topological polar surface area (TPSA) is 89.0 Å². The van der Waals surface area contributed by atoms with Gasteiger partial charge < -0.3 is 10.5 Å². The number of nitrogens with zero attached hydrogens (tertiary/aromatic N) is 2. The number of nitrogens with two attached hydrogens (primary N) is 1. The Kier molecular flexibility index (Phi) is 3.35. The molecule has 0 aromatic carbocycles. The van der Waals surface area contributed by atoms with Gasteiger partial charge in [0.25, 0.3) is 6.43 Å². The molecule has 0 radical (unpaired) electrons. The summed E-state index contributed by atoms with van der Waals surface area (Å²) < 4.78 is 29.2. The molecule has 5 nitrogen and oxygen atoms in total. The van der Waals surface area contributed by atoms with Crippen molar-refractivity contribution in [3.05, 3.63) is 23.0 Å². The van der Waals surface area contributed by atoms with Gasteiger partial charge in [-0.25, -0.2) is 18.6 Å². The average Bonchev–Trinajstić information content (AvgIpc) is 2.27. The predicted octanol–water partition coefficient (Wildman–Crippen LogP) is 1.26. The standard InChI is InChI=1S/C9H7F2N3O2/c1-16-9(15)6-4(3-12)2-5(13)7(14-6)8(10)11/h2,8H,13H2,1H3. The minimum atomic E-state index is -2.92. The smallest absolute Gasteiger partial charge is 0.358 e. The molecular weight excluding hydrogens is 220 g/mol. The first kappa shape index (κ1) is 11.8. The Morgan fingerprint density at radius 3 is 2.75 bits per heavy atom. The quantitative estimate of drug-likeness (QED) is 0.768. The summed E-state index contributed by atoms with van der Waals surface area (Å²) in [5.41, 5.74) is 3.53. The molecule has 0 unspecified atom stereocenters. The minimum Gasteiger partial charge on any atom is -0.464 e. The second kappa shape index (κ2) is 4.53. The Morgan fingerprint density at radius 1 is 1.69 bits per heavy atom. The summed E-state index contributed by atoms with van der Waals surface area (Å²) in [6.07, 6.45) is -2.92. The van der Waals surface area contributed by atoms with Crippen molar-refractivity contribution in [3.63, 3.8) is 0 Å². The van der Waals surface area contributed by atoms with Gasteiger partial charge in [-0.05, 0) is 6.07 Å². The predicted molar refractivity (Wildman–Crippen MR) is 49.7 cm³/mol. The number of hydrogen-bond acceptors (Lipinski definition) is 5. The highest BCUT2D eigenvalue weighted by Crippen LogP contribution is 2.25. The number of nitriles is 1. The highest BCUT2D eigenvalue weighted by molar-refractivity contribution is 5.90. The van der Waals surface area contributed by atoms with E-state index in [-0.39, 0.29) is 11.3 Å². The van der Waals surface area contributed by atoms with Gasteiger partial charge in [-0.15, -0.1) is 0 Å². The van der Waals surface area contributed by atoms with Crippen molar-refractivity contribution in [1.82, 2.24) is 4.98 Å². The van der Waals surface area contributed by atoms with Crippen molar-refractivity contribution < 1.29 is 18.3 Å². The van der Waals surface area contributed by atoms with E-state index in [4.69, 9.17) is 11.0 Å². The first-order chi connectivity index (χ1) is 7.51. The highest BCUT2D eigenvalue weighted by atomic mass is 19.3. The third kappa shape index (κ3) is 2.06. The Bertz CT molecular complexity index is 469. The van der Waals surface area contributed by atoms with Crippen LogP contribution in [0, 0.1) is 11.3 Å². The molecule has 0 aliphatic heterocycles. The third-order valence-corrected chi connectivity index (χ3v) is 1.79. The molecule has 0 aliphatic rings. The number of carbonyl (C=O) groups is 1. The minimum absolute atomic E-state index is 0.200. The van der Waals surface area contributed by atoms with Crippen LogP contribution in [0.4, 0.5) is 14.5 Å². The summed E-state index contributed by atoms with van der Waals surface area (Å²) in [7, 11) is 1.06. The van der Waals surface area contributed by atoms with Crippen molar-refractivity contribution >= 4 is 11.7 Å². The molecule has 1 rings (SSSR count). The number of alkyl halides is 2. The van der Waals surface area contributed by atoms with Gasteiger partial charge in [0.1, 0.15) is 11.8 Å². The van der Waals surface area contributed by atoms with Gasteiger partial charge in [0.15, 0.2) is 5.69 Å². The maximum absolute atomic E-state index is 12.4. The maximum Gasteiger partial charge on any atom is 0.358 e. The molecule has 0 spiro atoms. The zero-order valence-electron chi connectivity index (χ0n) is 8.20. The molecule has 0 saturated carbocycles. The van der Waals surface area contributed by atoms with Gasteiger partial charge in [-0.1, -0.05) is 0 Å². The molecule has 16 heavy (non-hydrogen) atoms. The summed E-state index contributed by atoms with van der Waals surface area (Å²) in [5, 5.41) is 8.68. The van der Waals surface area contributed by atoms with E-state index >= 15 is 0 Å². The number of nitrogen functional groups attached to an aromatic ring is 1. The van der Waals surface area contributed by atoms with Crippen LogP contribution < -0.4 is 5.73 Å². The summed E-state index contributed by atoms with van der Waals surface area (Å²) >= 11 is 0.